The van der Waals surface area contributed by atoms with Gasteiger partial charge in [-0.25, -0.2) is 4.39 Å². The molecule has 1 N–H and O–H groups in total. The minimum atomic E-state index is -1.17. The number of aliphatic carboxylic acids is 1. The highest BCUT2D eigenvalue weighted by molar-refractivity contribution is 7.99. The highest BCUT2D eigenvalue weighted by Crippen LogP contribution is 2.28. The first-order valence-electron chi connectivity index (χ1n) is 4.58. The van der Waals surface area contributed by atoms with Crippen LogP contribution in [0.5, 0.6) is 0 Å². The lowest BCUT2D eigenvalue weighted by molar-refractivity contribution is -0.137. The van der Waals surface area contributed by atoms with Crippen molar-refractivity contribution in [1.29, 1.82) is 0 Å². The van der Waals surface area contributed by atoms with Crippen LogP contribution < -0.4 is 0 Å². The van der Waals surface area contributed by atoms with Gasteiger partial charge >= 0.3 is 5.97 Å². The Hall–Kier alpha value is -1.10. The predicted molar refractivity (Wildman–Crippen MR) is 57.4 cm³/mol. The van der Waals surface area contributed by atoms with E-state index in [0.717, 1.165) is 11.8 Å². The lowest BCUT2D eigenvalue weighted by Gasteiger charge is -2.05. The van der Waals surface area contributed by atoms with Crippen LogP contribution in [0.15, 0.2) is 24.4 Å². The lowest BCUT2D eigenvalue weighted by atomic mass is 10.3. The number of alkyl halides is 1. The van der Waals surface area contributed by atoms with E-state index in [1.807, 2.05) is 0 Å². The zero-order chi connectivity index (χ0) is 11.1. The Balaban J connectivity index is 2.25. The SMILES string of the molecule is O=C(O)CCCSC(F)c1ccccn1. The van der Waals surface area contributed by atoms with Crippen LogP contribution in [0.4, 0.5) is 4.39 Å². The molecule has 82 valence electrons. The van der Waals surface area contributed by atoms with Gasteiger partial charge in [0.05, 0.1) is 5.69 Å². The van der Waals surface area contributed by atoms with Gasteiger partial charge in [-0.15, -0.1) is 11.8 Å². The van der Waals surface area contributed by atoms with E-state index >= 15 is 0 Å². The lowest BCUT2D eigenvalue weighted by Crippen LogP contribution is -1.96. The van der Waals surface area contributed by atoms with E-state index in [1.165, 1.54) is 0 Å². The van der Waals surface area contributed by atoms with E-state index < -0.39 is 11.5 Å². The summed E-state index contributed by atoms with van der Waals surface area (Å²) in [5.74, 6) is -0.354. The summed E-state index contributed by atoms with van der Waals surface area (Å²) < 4.78 is 13.4. The fourth-order valence-corrected chi connectivity index (χ4v) is 1.83. The van der Waals surface area contributed by atoms with Gasteiger partial charge in [-0.1, -0.05) is 6.07 Å². The number of nitrogens with zero attached hydrogens (tertiary/aromatic N) is 1. The van der Waals surface area contributed by atoms with Gasteiger partial charge in [-0.3, -0.25) is 9.78 Å². The summed E-state index contributed by atoms with van der Waals surface area (Å²) in [4.78, 5) is 14.1. The Bertz CT molecular complexity index is 308. The number of halogens is 1. The number of aromatic nitrogens is 1. The molecule has 1 heterocycles. The number of thioether (sulfide) groups is 1. The average Bonchev–Trinajstić information content (AvgIpc) is 2.25. The van der Waals surface area contributed by atoms with Gasteiger partial charge in [-0.05, 0) is 24.3 Å². The zero-order valence-corrected chi connectivity index (χ0v) is 8.91. The van der Waals surface area contributed by atoms with Crippen molar-refractivity contribution < 1.29 is 14.3 Å². The maximum Gasteiger partial charge on any atom is 0.303 e. The number of rotatable bonds is 6. The van der Waals surface area contributed by atoms with Crippen molar-refractivity contribution in [2.45, 2.75) is 18.3 Å². The molecule has 1 unspecified atom stereocenters. The summed E-state index contributed by atoms with van der Waals surface area (Å²) in [6.07, 6.45) is 2.11. The van der Waals surface area contributed by atoms with Crippen molar-refractivity contribution in [3.63, 3.8) is 0 Å². The first-order chi connectivity index (χ1) is 7.20. The van der Waals surface area contributed by atoms with Crippen LogP contribution in [0.2, 0.25) is 0 Å². The number of hydrogen-bond donors (Lipinski definition) is 1. The molecule has 0 spiro atoms. The van der Waals surface area contributed by atoms with Gasteiger partial charge in [-0.2, -0.15) is 0 Å². The normalized spacial score (nSPS) is 12.3. The van der Waals surface area contributed by atoms with Gasteiger partial charge in [0, 0.05) is 12.6 Å². The largest absolute Gasteiger partial charge is 0.481 e. The van der Waals surface area contributed by atoms with Gasteiger partial charge in [0.25, 0.3) is 0 Å². The average molecular weight is 229 g/mol. The second kappa shape index (κ2) is 6.40. The van der Waals surface area contributed by atoms with Gasteiger partial charge in [0.2, 0.25) is 0 Å². The molecule has 1 aromatic heterocycles. The predicted octanol–water partition coefficient (Wildman–Crippen LogP) is 2.65. The molecule has 5 heteroatoms. The molecule has 0 aliphatic rings. The maximum atomic E-state index is 13.4. The molecule has 0 amide bonds. The minimum Gasteiger partial charge on any atom is -0.481 e. The summed E-state index contributed by atoms with van der Waals surface area (Å²) in [5, 5.41) is 8.38. The first kappa shape index (κ1) is 12.0. The van der Waals surface area contributed by atoms with Crippen molar-refractivity contribution in [3.8, 4) is 0 Å². The van der Waals surface area contributed by atoms with Gasteiger partial charge in [0.15, 0.2) is 5.50 Å². The second-order valence-electron chi connectivity index (χ2n) is 2.94. The van der Waals surface area contributed by atoms with Crippen LogP contribution in [0.3, 0.4) is 0 Å². The topological polar surface area (TPSA) is 50.2 Å². The standard InChI is InChI=1S/C10H12FNO2S/c11-10(8-4-1-2-6-12-8)15-7-3-5-9(13)14/h1-2,4,6,10H,3,5,7H2,(H,13,14). The third-order valence-corrected chi connectivity index (χ3v) is 2.78. The molecule has 1 atom stereocenters. The molecular weight excluding hydrogens is 217 g/mol. The molecule has 0 aromatic carbocycles. The van der Waals surface area contributed by atoms with Gasteiger partial charge in [0.1, 0.15) is 0 Å². The van der Waals surface area contributed by atoms with Crippen LogP contribution in [0, 0.1) is 0 Å². The molecule has 1 rings (SSSR count). The maximum absolute atomic E-state index is 13.4. The van der Waals surface area contributed by atoms with Crippen LogP contribution in [-0.4, -0.2) is 21.8 Å². The number of hydrogen-bond acceptors (Lipinski definition) is 3. The number of pyridine rings is 1. The number of carbonyl (C=O) groups is 1. The number of carboxylic acid groups (broad SMARTS) is 1. The molecule has 0 bridgehead atoms. The van der Waals surface area contributed by atoms with E-state index in [9.17, 15) is 9.18 Å². The monoisotopic (exact) mass is 229 g/mol. The highest BCUT2D eigenvalue weighted by Gasteiger charge is 2.10. The summed E-state index contributed by atoms with van der Waals surface area (Å²) in [7, 11) is 0. The first-order valence-corrected chi connectivity index (χ1v) is 5.63. The van der Waals surface area contributed by atoms with Gasteiger partial charge < -0.3 is 5.11 Å². The Labute approximate surface area is 91.7 Å². The van der Waals surface area contributed by atoms with E-state index in [1.54, 1.807) is 24.4 Å². The molecule has 1 aromatic rings. The molecule has 0 aliphatic carbocycles. The molecular formula is C10H12FNO2S. The van der Waals surface area contributed by atoms with Crippen molar-refractivity contribution in [1.82, 2.24) is 4.98 Å². The summed E-state index contributed by atoms with van der Waals surface area (Å²) >= 11 is 1.08. The smallest absolute Gasteiger partial charge is 0.303 e. The molecule has 0 saturated carbocycles. The summed E-state index contributed by atoms with van der Waals surface area (Å²) in [6.45, 7) is 0. The molecule has 0 aliphatic heterocycles. The third kappa shape index (κ3) is 4.78. The van der Waals surface area contributed by atoms with Crippen LogP contribution in [-0.2, 0) is 4.79 Å². The summed E-state index contributed by atoms with van der Waals surface area (Å²) in [6, 6.07) is 5.08. The Morgan fingerprint density at radius 1 is 1.60 bits per heavy atom. The molecule has 0 radical (unpaired) electrons. The zero-order valence-electron chi connectivity index (χ0n) is 8.10. The van der Waals surface area contributed by atoms with Crippen molar-refractivity contribution >= 4 is 17.7 Å². The summed E-state index contributed by atoms with van der Waals surface area (Å²) in [5.41, 5.74) is -0.780. The van der Waals surface area contributed by atoms with Crippen LogP contribution in [0.1, 0.15) is 24.0 Å². The Kier molecular flexibility index (Phi) is 5.10. The Morgan fingerprint density at radius 3 is 3.00 bits per heavy atom. The quantitative estimate of drug-likeness (QED) is 0.762. The molecule has 0 fully saturated rings. The van der Waals surface area contributed by atoms with E-state index in [2.05, 4.69) is 4.98 Å². The fourth-order valence-electron chi connectivity index (χ4n) is 1.01. The number of carboxylic acids is 1. The Morgan fingerprint density at radius 2 is 2.40 bits per heavy atom. The molecule has 0 saturated heterocycles. The van der Waals surface area contributed by atoms with Crippen molar-refractivity contribution in [2.75, 3.05) is 5.75 Å². The minimum absolute atomic E-state index is 0.0853. The van der Waals surface area contributed by atoms with Crippen LogP contribution >= 0.6 is 11.8 Å². The van der Waals surface area contributed by atoms with E-state index in [4.69, 9.17) is 5.11 Å². The van der Waals surface area contributed by atoms with Crippen LogP contribution in [0.25, 0.3) is 0 Å². The third-order valence-electron chi connectivity index (χ3n) is 1.72. The molecule has 3 nitrogen and oxygen atoms in total. The highest BCUT2D eigenvalue weighted by atomic mass is 32.2. The second-order valence-corrected chi connectivity index (χ2v) is 4.09. The van der Waals surface area contributed by atoms with Crippen molar-refractivity contribution in [3.05, 3.63) is 30.1 Å². The molecule has 15 heavy (non-hydrogen) atoms. The van der Waals surface area contributed by atoms with Crippen molar-refractivity contribution in [2.24, 2.45) is 0 Å². The van der Waals surface area contributed by atoms with E-state index in [0.29, 0.717) is 17.9 Å². The van der Waals surface area contributed by atoms with E-state index in [-0.39, 0.29) is 6.42 Å². The fraction of sp³-hybridized carbons (Fsp3) is 0.400.